The van der Waals surface area contributed by atoms with Gasteiger partial charge in [0, 0.05) is 12.2 Å². The van der Waals surface area contributed by atoms with Gasteiger partial charge >= 0.3 is 0 Å². The van der Waals surface area contributed by atoms with Crippen molar-refractivity contribution >= 4 is 11.6 Å². The Balaban J connectivity index is 1.84. The van der Waals surface area contributed by atoms with E-state index in [4.69, 9.17) is 10.8 Å². The van der Waals surface area contributed by atoms with Crippen molar-refractivity contribution in [3.8, 4) is 5.75 Å². The molecule has 4 heteroatoms. The largest absolute Gasteiger partial charge is 0.508 e. The number of hydrogen-bond donors (Lipinski definition) is 3. The van der Waals surface area contributed by atoms with Gasteiger partial charge in [0.1, 0.15) is 5.75 Å². The number of amides is 1. The highest BCUT2D eigenvalue weighted by Crippen LogP contribution is 2.10. The van der Waals surface area contributed by atoms with Gasteiger partial charge in [-0.2, -0.15) is 0 Å². The lowest BCUT2D eigenvalue weighted by Crippen LogP contribution is -2.24. The third kappa shape index (κ3) is 4.03. The Morgan fingerprint density at radius 1 is 1.00 bits per heavy atom. The molecule has 0 fully saturated rings. The average molecular weight is 256 g/mol. The van der Waals surface area contributed by atoms with Crippen molar-refractivity contribution in [2.75, 3.05) is 5.73 Å². The van der Waals surface area contributed by atoms with E-state index in [0.717, 1.165) is 11.1 Å². The summed E-state index contributed by atoms with van der Waals surface area (Å²) < 4.78 is 0. The third-order valence-corrected chi connectivity index (χ3v) is 2.77. The molecular formula is C15H16N2O2. The van der Waals surface area contributed by atoms with Crippen LogP contribution < -0.4 is 11.1 Å². The molecule has 2 rings (SSSR count). The van der Waals surface area contributed by atoms with Crippen LogP contribution >= 0.6 is 0 Å². The van der Waals surface area contributed by atoms with E-state index in [1.165, 1.54) is 0 Å². The number of carbonyl (C=O) groups excluding carboxylic acids is 1. The number of anilines is 1. The minimum Gasteiger partial charge on any atom is -0.508 e. The summed E-state index contributed by atoms with van der Waals surface area (Å²) in [5.74, 6) is 0.147. The van der Waals surface area contributed by atoms with Crippen LogP contribution in [0, 0.1) is 0 Å². The molecule has 0 spiro atoms. The maximum Gasteiger partial charge on any atom is 0.224 e. The Bertz CT molecular complexity index is 547. The predicted molar refractivity (Wildman–Crippen MR) is 74.5 cm³/mol. The maximum absolute atomic E-state index is 11.7. The van der Waals surface area contributed by atoms with Crippen LogP contribution in [-0.4, -0.2) is 11.0 Å². The summed E-state index contributed by atoms with van der Waals surface area (Å²) in [5, 5.41) is 12.0. The molecule has 0 aliphatic rings. The molecule has 0 aliphatic carbocycles. The number of nitrogens with one attached hydrogen (secondary N) is 1. The van der Waals surface area contributed by atoms with E-state index in [0.29, 0.717) is 18.7 Å². The molecule has 0 bridgehead atoms. The summed E-state index contributed by atoms with van der Waals surface area (Å²) in [6.45, 7) is 0.483. The number of rotatable bonds is 4. The first-order valence-electron chi connectivity index (χ1n) is 6.02. The lowest BCUT2D eigenvalue weighted by atomic mass is 10.1. The van der Waals surface area contributed by atoms with Crippen molar-refractivity contribution in [2.24, 2.45) is 0 Å². The number of nitrogens with two attached hydrogens (primary N) is 1. The zero-order chi connectivity index (χ0) is 13.7. The number of benzene rings is 2. The number of phenols is 1. The molecule has 0 atom stereocenters. The molecule has 0 saturated heterocycles. The molecule has 0 heterocycles. The van der Waals surface area contributed by atoms with Gasteiger partial charge in [-0.3, -0.25) is 4.79 Å². The van der Waals surface area contributed by atoms with E-state index < -0.39 is 0 Å². The van der Waals surface area contributed by atoms with Gasteiger partial charge in [0.15, 0.2) is 0 Å². The fraction of sp³-hybridized carbons (Fsp3) is 0.133. The molecule has 2 aromatic rings. The molecule has 0 aliphatic heterocycles. The second-order valence-electron chi connectivity index (χ2n) is 4.36. The molecule has 0 radical (unpaired) electrons. The van der Waals surface area contributed by atoms with Crippen LogP contribution in [0.1, 0.15) is 11.1 Å². The van der Waals surface area contributed by atoms with Crippen LogP contribution in [0.3, 0.4) is 0 Å². The first kappa shape index (κ1) is 13.0. The van der Waals surface area contributed by atoms with E-state index in [1.54, 1.807) is 24.3 Å². The van der Waals surface area contributed by atoms with E-state index in [9.17, 15) is 4.79 Å². The second kappa shape index (κ2) is 5.91. The minimum absolute atomic E-state index is 0.0532. The predicted octanol–water partition coefficient (Wildman–Crippen LogP) is 1.83. The van der Waals surface area contributed by atoms with Gasteiger partial charge in [0.05, 0.1) is 6.42 Å². The molecule has 98 valence electrons. The molecule has 1 amide bonds. The quantitative estimate of drug-likeness (QED) is 0.730. The van der Waals surface area contributed by atoms with Crippen LogP contribution in [0.2, 0.25) is 0 Å². The third-order valence-electron chi connectivity index (χ3n) is 2.77. The molecule has 19 heavy (non-hydrogen) atoms. The van der Waals surface area contributed by atoms with E-state index in [-0.39, 0.29) is 11.7 Å². The number of aromatic hydroxyl groups is 1. The Morgan fingerprint density at radius 2 is 1.58 bits per heavy atom. The molecule has 0 saturated carbocycles. The molecule has 0 aromatic heterocycles. The summed E-state index contributed by atoms with van der Waals surface area (Å²) in [7, 11) is 0. The number of nitrogen functional groups attached to an aromatic ring is 1. The van der Waals surface area contributed by atoms with Crippen molar-refractivity contribution < 1.29 is 9.90 Å². The standard InChI is InChI=1S/C15H16N2O2/c16-13-5-1-12(2-6-13)10-17-15(19)9-11-3-7-14(18)8-4-11/h1-8,18H,9-10,16H2,(H,17,19). The summed E-state index contributed by atoms with van der Waals surface area (Å²) in [6, 6.07) is 14.0. The smallest absolute Gasteiger partial charge is 0.224 e. The van der Waals surface area contributed by atoms with Gasteiger partial charge in [0.25, 0.3) is 0 Å². The Morgan fingerprint density at radius 3 is 2.21 bits per heavy atom. The van der Waals surface area contributed by atoms with Crippen LogP contribution in [0.5, 0.6) is 5.75 Å². The van der Waals surface area contributed by atoms with Crippen molar-refractivity contribution in [3.05, 3.63) is 59.7 Å². The van der Waals surface area contributed by atoms with Crippen molar-refractivity contribution in [2.45, 2.75) is 13.0 Å². The van der Waals surface area contributed by atoms with Crippen LogP contribution in [0.15, 0.2) is 48.5 Å². The Labute approximate surface area is 111 Å². The maximum atomic E-state index is 11.7. The first-order chi connectivity index (χ1) is 9.13. The zero-order valence-electron chi connectivity index (χ0n) is 10.5. The summed E-state index contributed by atoms with van der Waals surface area (Å²) in [4.78, 5) is 11.7. The van der Waals surface area contributed by atoms with Gasteiger partial charge in [-0.05, 0) is 35.4 Å². The second-order valence-corrected chi connectivity index (χ2v) is 4.36. The summed E-state index contributed by atoms with van der Waals surface area (Å²) in [5.41, 5.74) is 8.17. The average Bonchev–Trinajstić information content (AvgIpc) is 2.41. The van der Waals surface area contributed by atoms with Crippen LogP contribution in [0.4, 0.5) is 5.69 Å². The topological polar surface area (TPSA) is 75.3 Å². The van der Waals surface area contributed by atoms with E-state index in [2.05, 4.69) is 5.32 Å². The lowest BCUT2D eigenvalue weighted by molar-refractivity contribution is -0.120. The highest BCUT2D eigenvalue weighted by atomic mass is 16.3. The van der Waals surface area contributed by atoms with Crippen molar-refractivity contribution in [1.29, 1.82) is 0 Å². The van der Waals surface area contributed by atoms with E-state index >= 15 is 0 Å². The molecule has 4 nitrogen and oxygen atoms in total. The van der Waals surface area contributed by atoms with Crippen LogP contribution in [-0.2, 0) is 17.8 Å². The molecule has 2 aromatic carbocycles. The fourth-order valence-corrected chi connectivity index (χ4v) is 1.70. The van der Waals surface area contributed by atoms with Gasteiger partial charge in [-0.15, -0.1) is 0 Å². The zero-order valence-corrected chi connectivity index (χ0v) is 10.5. The number of phenolic OH excluding ortho intramolecular Hbond substituents is 1. The SMILES string of the molecule is Nc1ccc(CNC(=O)Cc2ccc(O)cc2)cc1. The molecule has 0 unspecified atom stereocenters. The normalized spacial score (nSPS) is 10.1. The Kier molecular flexibility index (Phi) is 4.03. The number of carbonyl (C=O) groups is 1. The minimum atomic E-state index is -0.0532. The summed E-state index contributed by atoms with van der Waals surface area (Å²) >= 11 is 0. The Hall–Kier alpha value is -2.49. The van der Waals surface area contributed by atoms with Gasteiger partial charge in [-0.1, -0.05) is 24.3 Å². The molecular weight excluding hydrogens is 240 g/mol. The van der Waals surface area contributed by atoms with E-state index in [1.807, 2.05) is 24.3 Å². The first-order valence-corrected chi connectivity index (χ1v) is 6.02. The number of hydrogen-bond acceptors (Lipinski definition) is 3. The monoisotopic (exact) mass is 256 g/mol. The molecule has 4 N–H and O–H groups in total. The lowest BCUT2D eigenvalue weighted by Gasteiger charge is -2.06. The van der Waals surface area contributed by atoms with Crippen LogP contribution in [0.25, 0.3) is 0 Å². The van der Waals surface area contributed by atoms with Gasteiger partial charge < -0.3 is 16.2 Å². The highest BCUT2D eigenvalue weighted by molar-refractivity contribution is 5.78. The fourth-order valence-electron chi connectivity index (χ4n) is 1.70. The van der Waals surface area contributed by atoms with Crippen molar-refractivity contribution in [1.82, 2.24) is 5.32 Å². The highest BCUT2D eigenvalue weighted by Gasteiger charge is 2.03. The van der Waals surface area contributed by atoms with Gasteiger partial charge in [0.2, 0.25) is 5.91 Å². The van der Waals surface area contributed by atoms with Gasteiger partial charge in [-0.25, -0.2) is 0 Å². The van der Waals surface area contributed by atoms with Crippen molar-refractivity contribution in [3.63, 3.8) is 0 Å². The summed E-state index contributed by atoms with van der Waals surface area (Å²) in [6.07, 6.45) is 0.301.